The van der Waals surface area contributed by atoms with Crippen molar-refractivity contribution < 1.29 is 13.8 Å². The summed E-state index contributed by atoms with van der Waals surface area (Å²) in [4.78, 5) is 25.0. The van der Waals surface area contributed by atoms with Gasteiger partial charge in [0.05, 0.1) is 6.54 Å². The van der Waals surface area contributed by atoms with E-state index in [4.69, 9.17) is 0 Å². The van der Waals surface area contributed by atoms with Gasteiger partial charge in [-0.3, -0.25) is 13.8 Å². The van der Waals surface area contributed by atoms with Crippen LogP contribution in [0.3, 0.4) is 0 Å². The highest BCUT2D eigenvalue weighted by Gasteiger charge is 2.40. The van der Waals surface area contributed by atoms with Crippen LogP contribution in [-0.2, 0) is 20.4 Å². The Hall–Kier alpha value is -0.910. The molecule has 2 atom stereocenters. The highest BCUT2D eigenvalue weighted by molar-refractivity contribution is 7.84. The van der Waals surface area contributed by atoms with Crippen molar-refractivity contribution in [2.45, 2.75) is 32.4 Å². The molecule has 0 aromatic rings. The van der Waals surface area contributed by atoms with E-state index in [1.165, 1.54) is 4.90 Å². The lowest BCUT2D eigenvalue weighted by atomic mass is 9.99. The summed E-state index contributed by atoms with van der Waals surface area (Å²) in [6.45, 7) is 5.22. The summed E-state index contributed by atoms with van der Waals surface area (Å²) in [6, 6.07) is -0.177. The Kier molecular flexibility index (Phi) is 3.72. The van der Waals surface area contributed by atoms with Crippen molar-refractivity contribution in [3.05, 3.63) is 0 Å². The maximum Gasteiger partial charge on any atom is 0.248 e. The Morgan fingerprint density at radius 2 is 2.06 bits per heavy atom. The van der Waals surface area contributed by atoms with Crippen LogP contribution in [0.25, 0.3) is 0 Å². The molecule has 0 radical (unpaired) electrons. The van der Waals surface area contributed by atoms with Gasteiger partial charge in [0.15, 0.2) is 0 Å². The quantitative estimate of drug-likeness (QED) is 0.729. The predicted octanol–water partition coefficient (Wildman–Crippen LogP) is -0.510. The molecule has 0 aromatic carbocycles. The summed E-state index contributed by atoms with van der Waals surface area (Å²) in [5, 5.41) is 2.64. The molecule has 1 N–H and O–H groups in total. The van der Waals surface area contributed by atoms with E-state index in [-0.39, 0.29) is 24.4 Å². The number of carbonyl (C=O) groups is 2. The Bertz CT molecular complexity index is 341. The molecule has 0 saturated carbocycles. The fourth-order valence-electron chi connectivity index (χ4n) is 1.81. The second kappa shape index (κ2) is 4.53. The van der Waals surface area contributed by atoms with Crippen LogP contribution in [0.5, 0.6) is 0 Å². The largest absolute Gasteiger partial charge is 0.341 e. The second-order valence-corrected chi connectivity index (χ2v) is 6.17. The molecule has 5 nitrogen and oxygen atoms in total. The normalized spacial score (nSPS) is 23.9. The fraction of sp³-hybridized carbons (Fsp3) is 0.800. The van der Waals surface area contributed by atoms with E-state index < -0.39 is 16.3 Å². The summed E-state index contributed by atoms with van der Waals surface area (Å²) in [7, 11) is -0.974. The van der Waals surface area contributed by atoms with Crippen LogP contribution in [0, 0.1) is 0 Å². The third-order valence-corrected chi connectivity index (χ3v) is 3.52. The van der Waals surface area contributed by atoms with Crippen molar-refractivity contribution in [3.63, 3.8) is 0 Å². The van der Waals surface area contributed by atoms with Gasteiger partial charge in [-0.2, -0.15) is 0 Å². The van der Waals surface area contributed by atoms with Crippen molar-refractivity contribution in [2.75, 3.05) is 18.6 Å². The van der Waals surface area contributed by atoms with Gasteiger partial charge in [-0.25, -0.2) is 0 Å². The molecule has 16 heavy (non-hydrogen) atoms. The topological polar surface area (TPSA) is 66.5 Å². The second-order valence-electron chi connectivity index (χ2n) is 4.70. The van der Waals surface area contributed by atoms with Gasteiger partial charge in [0.2, 0.25) is 11.8 Å². The summed E-state index contributed by atoms with van der Waals surface area (Å²) < 4.78 is 11.1. The summed E-state index contributed by atoms with van der Waals surface area (Å²) in [6.07, 6.45) is 1.59. The van der Waals surface area contributed by atoms with Gasteiger partial charge in [0.1, 0.15) is 5.54 Å². The number of amides is 2. The Balaban J connectivity index is 2.82. The summed E-state index contributed by atoms with van der Waals surface area (Å²) in [5.74, 6) is 0.109. The third kappa shape index (κ3) is 2.81. The minimum atomic E-state index is -0.974. The maximum atomic E-state index is 12.0. The van der Waals surface area contributed by atoms with E-state index in [0.29, 0.717) is 5.75 Å². The first kappa shape index (κ1) is 13.2. The zero-order valence-electron chi connectivity index (χ0n) is 10.1. The van der Waals surface area contributed by atoms with Gasteiger partial charge in [0.25, 0.3) is 0 Å². The lowest BCUT2D eigenvalue weighted by Gasteiger charge is -2.40. The molecule has 0 aliphatic carbocycles. The first-order valence-electron chi connectivity index (χ1n) is 5.16. The standard InChI is InChI=1S/C10H18N2O3S/c1-7(6-16(4)15)12-5-8(13)11-10(2,3)9(12)14/h7H,5-6H2,1-4H3,(H,11,13). The zero-order valence-corrected chi connectivity index (χ0v) is 10.9. The van der Waals surface area contributed by atoms with Gasteiger partial charge >= 0.3 is 0 Å². The highest BCUT2D eigenvalue weighted by atomic mass is 32.2. The van der Waals surface area contributed by atoms with Crippen LogP contribution < -0.4 is 5.32 Å². The number of hydrogen-bond acceptors (Lipinski definition) is 3. The van der Waals surface area contributed by atoms with Gasteiger partial charge in [-0.05, 0) is 20.8 Å². The predicted molar refractivity (Wildman–Crippen MR) is 62.3 cm³/mol. The van der Waals surface area contributed by atoms with Crippen LogP contribution in [-0.4, -0.2) is 51.1 Å². The molecule has 0 spiro atoms. The minimum absolute atomic E-state index is 0.0562. The first-order valence-corrected chi connectivity index (χ1v) is 6.89. The first-order chi connectivity index (χ1) is 7.24. The maximum absolute atomic E-state index is 12.0. The van der Waals surface area contributed by atoms with Crippen LogP contribution in [0.1, 0.15) is 20.8 Å². The molecular weight excluding hydrogens is 228 g/mol. The van der Waals surface area contributed by atoms with Crippen LogP contribution in [0.4, 0.5) is 0 Å². The summed E-state index contributed by atoms with van der Waals surface area (Å²) in [5.41, 5.74) is -0.862. The number of rotatable bonds is 3. The van der Waals surface area contributed by atoms with Gasteiger partial charge < -0.3 is 10.2 Å². The molecule has 1 fully saturated rings. The fourth-order valence-corrected chi connectivity index (χ4v) is 2.67. The lowest BCUT2D eigenvalue weighted by molar-refractivity contribution is -0.150. The minimum Gasteiger partial charge on any atom is -0.341 e. The van der Waals surface area contributed by atoms with Gasteiger partial charge in [-0.15, -0.1) is 0 Å². The molecule has 6 heteroatoms. The van der Waals surface area contributed by atoms with Crippen molar-refractivity contribution >= 4 is 22.6 Å². The van der Waals surface area contributed by atoms with Crippen LogP contribution >= 0.6 is 0 Å². The smallest absolute Gasteiger partial charge is 0.248 e. The van der Waals surface area contributed by atoms with Gasteiger partial charge in [-0.1, -0.05) is 0 Å². The average molecular weight is 246 g/mol. The van der Waals surface area contributed by atoms with Gasteiger partial charge in [0, 0.05) is 28.9 Å². The monoisotopic (exact) mass is 246 g/mol. The SMILES string of the molecule is CC(CS(C)=O)N1CC(=O)NC(C)(C)C1=O. The van der Waals surface area contributed by atoms with E-state index >= 15 is 0 Å². The number of carbonyl (C=O) groups excluding carboxylic acids is 2. The molecule has 1 heterocycles. The van der Waals surface area contributed by atoms with Crippen molar-refractivity contribution in [3.8, 4) is 0 Å². The number of nitrogens with zero attached hydrogens (tertiary/aromatic N) is 1. The Morgan fingerprint density at radius 3 is 2.56 bits per heavy atom. The van der Waals surface area contributed by atoms with Crippen LogP contribution in [0.15, 0.2) is 0 Å². The Labute approximate surface area is 98.0 Å². The molecule has 1 saturated heterocycles. The van der Waals surface area contributed by atoms with E-state index in [0.717, 1.165) is 0 Å². The average Bonchev–Trinajstić information content (AvgIpc) is 2.09. The van der Waals surface area contributed by atoms with E-state index in [1.54, 1.807) is 20.1 Å². The molecule has 1 aliphatic rings. The van der Waals surface area contributed by atoms with Crippen molar-refractivity contribution in [1.29, 1.82) is 0 Å². The molecule has 0 aromatic heterocycles. The molecule has 0 bridgehead atoms. The van der Waals surface area contributed by atoms with E-state index in [1.807, 2.05) is 6.92 Å². The van der Waals surface area contributed by atoms with E-state index in [2.05, 4.69) is 5.32 Å². The third-order valence-electron chi connectivity index (χ3n) is 2.57. The molecule has 92 valence electrons. The van der Waals surface area contributed by atoms with Crippen molar-refractivity contribution in [2.24, 2.45) is 0 Å². The highest BCUT2D eigenvalue weighted by Crippen LogP contribution is 2.16. The molecule has 2 amide bonds. The zero-order chi connectivity index (χ0) is 12.5. The molecule has 2 unspecified atom stereocenters. The number of hydrogen-bond donors (Lipinski definition) is 1. The van der Waals surface area contributed by atoms with E-state index in [9.17, 15) is 13.8 Å². The van der Waals surface area contributed by atoms with Crippen molar-refractivity contribution in [1.82, 2.24) is 10.2 Å². The number of piperazine rings is 1. The molecular formula is C10H18N2O3S. The molecule has 1 rings (SSSR count). The number of nitrogens with one attached hydrogen (secondary N) is 1. The Morgan fingerprint density at radius 1 is 1.50 bits per heavy atom. The molecule has 1 aliphatic heterocycles. The summed E-state index contributed by atoms with van der Waals surface area (Å²) >= 11 is 0. The van der Waals surface area contributed by atoms with Crippen LogP contribution in [0.2, 0.25) is 0 Å². The lowest BCUT2D eigenvalue weighted by Crippen LogP contribution is -2.65.